The van der Waals surface area contributed by atoms with Crippen molar-refractivity contribution in [2.45, 2.75) is 20.4 Å². The van der Waals surface area contributed by atoms with Gasteiger partial charge in [-0.05, 0) is 55.8 Å². The Labute approximate surface area is 193 Å². The van der Waals surface area contributed by atoms with Gasteiger partial charge in [-0.15, -0.1) is 11.3 Å². The zero-order valence-corrected chi connectivity index (χ0v) is 18.9. The molecule has 0 saturated carbocycles. The summed E-state index contributed by atoms with van der Waals surface area (Å²) in [4.78, 5) is 43.5. The highest BCUT2D eigenvalue weighted by Gasteiger charge is 2.20. The van der Waals surface area contributed by atoms with Crippen LogP contribution in [0.25, 0.3) is 10.2 Å². The topological polar surface area (TPSA) is 102 Å². The lowest BCUT2D eigenvalue weighted by molar-refractivity contribution is -0.116. The minimum absolute atomic E-state index is 0.199. The summed E-state index contributed by atoms with van der Waals surface area (Å²) in [6.45, 7) is 3.97. The van der Waals surface area contributed by atoms with Crippen molar-refractivity contribution in [3.63, 3.8) is 0 Å². The van der Waals surface area contributed by atoms with E-state index in [0.29, 0.717) is 44.4 Å². The number of ether oxygens (including phenoxy) is 1. The van der Waals surface area contributed by atoms with Gasteiger partial charge in [0, 0.05) is 11.4 Å². The Kier molecular flexibility index (Phi) is 6.50. The number of amides is 2. The Bertz CT molecular complexity index is 1360. The van der Waals surface area contributed by atoms with Crippen molar-refractivity contribution in [1.82, 2.24) is 9.55 Å². The van der Waals surface area contributed by atoms with Crippen LogP contribution in [0.2, 0.25) is 0 Å². The lowest BCUT2D eigenvalue weighted by atomic mass is 10.2. The molecule has 4 aromatic rings. The van der Waals surface area contributed by atoms with Gasteiger partial charge in [0.25, 0.3) is 11.5 Å². The van der Waals surface area contributed by atoms with E-state index in [-0.39, 0.29) is 23.9 Å². The van der Waals surface area contributed by atoms with Gasteiger partial charge >= 0.3 is 0 Å². The molecule has 0 aliphatic rings. The van der Waals surface area contributed by atoms with Gasteiger partial charge in [0.1, 0.15) is 17.1 Å². The van der Waals surface area contributed by atoms with E-state index in [1.807, 2.05) is 25.1 Å². The number of thiophene rings is 1. The quantitative estimate of drug-likeness (QED) is 0.431. The van der Waals surface area contributed by atoms with Crippen LogP contribution in [0, 0.1) is 6.92 Å². The second-order valence-corrected chi connectivity index (χ2v) is 8.24. The number of benzene rings is 2. The Hall–Kier alpha value is -3.98. The van der Waals surface area contributed by atoms with E-state index in [0.717, 1.165) is 11.3 Å². The van der Waals surface area contributed by atoms with Crippen LogP contribution in [0.3, 0.4) is 0 Å². The smallest absolute Gasteiger partial charge is 0.266 e. The van der Waals surface area contributed by atoms with Crippen LogP contribution in [0.5, 0.6) is 5.75 Å². The Morgan fingerprint density at radius 1 is 1.03 bits per heavy atom. The van der Waals surface area contributed by atoms with Crippen LogP contribution in [0.1, 0.15) is 22.2 Å². The fourth-order valence-electron chi connectivity index (χ4n) is 3.35. The first kappa shape index (κ1) is 22.2. The first-order chi connectivity index (χ1) is 16.0. The standard InChI is InChI=1S/C24H22N4O4S/c1-3-32-18-11-9-17(10-12-18)26-19(29)13-28-14-25-23-20(24(28)31)15(2)21(33-23)22(30)27-16-7-5-4-6-8-16/h4-12,14H,3,13H2,1-2H3,(H,26,29)(H,27,30). The number of rotatable bonds is 7. The molecule has 0 spiro atoms. The van der Waals surface area contributed by atoms with Crippen LogP contribution in [0.15, 0.2) is 65.7 Å². The first-order valence-electron chi connectivity index (χ1n) is 10.3. The second-order valence-electron chi connectivity index (χ2n) is 7.24. The van der Waals surface area contributed by atoms with E-state index in [9.17, 15) is 14.4 Å². The van der Waals surface area contributed by atoms with Crippen molar-refractivity contribution in [3.05, 3.63) is 81.7 Å². The highest BCUT2D eigenvalue weighted by molar-refractivity contribution is 7.20. The summed E-state index contributed by atoms with van der Waals surface area (Å²) in [5.74, 6) is 0.0413. The van der Waals surface area contributed by atoms with Crippen LogP contribution in [-0.2, 0) is 11.3 Å². The molecule has 4 rings (SSSR count). The van der Waals surface area contributed by atoms with Gasteiger partial charge in [0.2, 0.25) is 5.91 Å². The van der Waals surface area contributed by atoms with E-state index < -0.39 is 0 Å². The monoisotopic (exact) mass is 462 g/mol. The predicted molar refractivity (Wildman–Crippen MR) is 129 cm³/mol. The van der Waals surface area contributed by atoms with E-state index >= 15 is 0 Å². The zero-order chi connectivity index (χ0) is 23.4. The maximum absolute atomic E-state index is 13.0. The van der Waals surface area contributed by atoms with Gasteiger partial charge < -0.3 is 15.4 Å². The van der Waals surface area contributed by atoms with E-state index in [1.54, 1.807) is 43.3 Å². The van der Waals surface area contributed by atoms with Crippen LogP contribution >= 0.6 is 11.3 Å². The average molecular weight is 463 g/mol. The third-order valence-electron chi connectivity index (χ3n) is 4.92. The van der Waals surface area contributed by atoms with Crippen molar-refractivity contribution in [2.75, 3.05) is 17.2 Å². The number of hydrogen-bond donors (Lipinski definition) is 2. The summed E-state index contributed by atoms with van der Waals surface area (Å²) in [6.07, 6.45) is 1.33. The van der Waals surface area contributed by atoms with Gasteiger partial charge in [-0.2, -0.15) is 0 Å². The van der Waals surface area contributed by atoms with E-state index in [1.165, 1.54) is 10.9 Å². The lowest BCUT2D eigenvalue weighted by Crippen LogP contribution is -2.27. The van der Waals surface area contributed by atoms with E-state index in [2.05, 4.69) is 15.6 Å². The molecule has 0 aliphatic carbocycles. The maximum Gasteiger partial charge on any atom is 0.266 e. The molecule has 0 bridgehead atoms. The fourth-order valence-corrected chi connectivity index (χ4v) is 4.39. The number of nitrogens with one attached hydrogen (secondary N) is 2. The van der Waals surface area contributed by atoms with E-state index in [4.69, 9.17) is 4.74 Å². The van der Waals surface area contributed by atoms with Gasteiger partial charge in [-0.1, -0.05) is 18.2 Å². The molecule has 0 atom stereocenters. The van der Waals surface area contributed by atoms with Crippen LogP contribution < -0.4 is 20.9 Å². The number of carbonyl (C=O) groups is 2. The molecule has 0 unspecified atom stereocenters. The van der Waals surface area contributed by atoms with Crippen molar-refractivity contribution in [1.29, 1.82) is 0 Å². The predicted octanol–water partition coefficient (Wildman–Crippen LogP) is 4.06. The molecule has 2 aromatic heterocycles. The molecule has 2 N–H and O–H groups in total. The molecular weight excluding hydrogens is 440 g/mol. The normalized spacial score (nSPS) is 10.7. The highest BCUT2D eigenvalue weighted by atomic mass is 32.1. The van der Waals surface area contributed by atoms with Crippen molar-refractivity contribution in [3.8, 4) is 5.75 Å². The first-order valence-corrected chi connectivity index (χ1v) is 11.2. The van der Waals surface area contributed by atoms with Crippen LogP contribution in [0.4, 0.5) is 11.4 Å². The van der Waals surface area contributed by atoms with Crippen molar-refractivity contribution < 1.29 is 14.3 Å². The number of nitrogens with zero attached hydrogens (tertiary/aromatic N) is 2. The molecule has 2 amide bonds. The number of aryl methyl sites for hydroxylation is 1. The summed E-state index contributed by atoms with van der Waals surface area (Å²) < 4.78 is 6.63. The summed E-state index contributed by atoms with van der Waals surface area (Å²) in [5.41, 5.74) is 1.43. The Morgan fingerprint density at radius 3 is 2.42 bits per heavy atom. The lowest BCUT2D eigenvalue weighted by Gasteiger charge is -2.08. The largest absolute Gasteiger partial charge is 0.494 e. The summed E-state index contributed by atoms with van der Waals surface area (Å²) >= 11 is 1.15. The number of carbonyl (C=O) groups excluding carboxylic acids is 2. The summed E-state index contributed by atoms with van der Waals surface area (Å²) in [6, 6.07) is 16.1. The molecule has 33 heavy (non-hydrogen) atoms. The highest BCUT2D eigenvalue weighted by Crippen LogP contribution is 2.27. The Balaban J connectivity index is 1.52. The van der Waals surface area contributed by atoms with Gasteiger partial charge in [-0.3, -0.25) is 19.0 Å². The third-order valence-corrected chi connectivity index (χ3v) is 6.12. The number of fused-ring (bicyclic) bond motifs is 1. The fraction of sp³-hybridized carbons (Fsp3) is 0.167. The second kappa shape index (κ2) is 9.66. The van der Waals surface area contributed by atoms with Gasteiger partial charge in [0.15, 0.2) is 0 Å². The van der Waals surface area contributed by atoms with Gasteiger partial charge in [0.05, 0.1) is 23.2 Å². The summed E-state index contributed by atoms with van der Waals surface area (Å²) in [5, 5.41) is 5.93. The number of anilines is 2. The molecule has 9 heteroatoms. The number of para-hydroxylation sites is 1. The molecule has 0 fully saturated rings. The SMILES string of the molecule is CCOc1ccc(NC(=O)Cn2cnc3sc(C(=O)Nc4ccccc4)c(C)c3c2=O)cc1. The molecule has 8 nitrogen and oxygen atoms in total. The summed E-state index contributed by atoms with van der Waals surface area (Å²) in [7, 11) is 0. The molecule has 0 radical (unpaired) electrons. The van der Waals surface area contributed by atoms with Crippen LogP contribution in [-0.4, -0.2) is 28.0 Å². The molecule has 0 saturated heterocycles. The average Bonchev–Trinajstić information content (AvgIpc) is 3.15. The number of aromatic nitrogens is 2. The minimum atomic E-state index is -0.366. The third kappa shape index (κ3) is 4.93. The zero-order valence-electron chi connectivity index (χ0n) is 18.1. The number of hydrogen-bond acceptors (Lipinski definition) is 6. The van der Waals surface area contributed by atoms with Crippen molar-refractivity contribution >= 4 is 44.7 Å². The Morgan fingerprint density at radius 2 is 1.73 bits per heavy atom. The molecule has 0 aliphatic heterocycles. The molecule has 2 aromatic carbocycles. The minimum Gasteiger partial charge on any atom is -0.494 e. The van der Waals surface area contributed by atoms with Crippen molar-refractivity contribution in [2.24, 2.45) is 0 Å². The molecule has 2 heterocycles. The molecular formula is C24H22N4O4S. The van der Waals surface area contributed by atoms with Gasteiger partial charge in [-0.25, -0.2) is 4.98 Å². The maximum atomic E-state index is 13.0. The molecule has 168 valence electrons.